The number of nitrogens with one attached hydrogen (secondary N) is 1. The van der Waals surface area contributed by atoms with Crippen molar-refractivity contribution in [2.45, 2.75) is 38.1 Å². The summed E-state index contributed by atoms with van der Waals surface area (Å²) in [5, 5.41) is 0. The lowest BCUT2D eigenvalue weighted by Crippen LogP contribution is -2.38. The van der Waals surface area contributed by atoms with Gasteiger partial charge in [-0.3, -0.25) is 4.98 Å². The zero-order valence-corrected chi connectivity index (χ0v) is 7.24. The smallest absolute Gasteiger partial charge is 0.241 e. The lowest BCUT2D eigenvalue weighted by atomic mass is 9.95. The highest BCUT2D eigenvalue weighted by atomic mass is 16.0. The molecule has 0 bridgehead atoms. The van der Waals surface area contributed by atoms with Crippen LogP contribution in [-0.2, 0) is 0 Å². The van der Waals surface area contributed by atoms with Crippen molar-refractivity contribution in [2.24, 2.45) is 0 Å². The molecule has 1 fully saturated rings. The van der Waals surface area contributed by atoms with Crippen molar-refractivity contribution in [2.75, 3.05) is 0 Å². The standard InChI is InChI=1S/C9H14N2.H2O/c1-2-4-9(5-3-1)11-7-6-10-8-11;/h6-9H,1-5H2;1H2. The van der Waals surface area contributed by atoms with Gasteiger partial charge in [-0.25, -0.2) is 4.57 Å². The lowest BCUT2D eigenvalue weighted by Gasteiger charge is -2.17. The zero-order chi connectivity index (χ0) is 7.52. The van der Waals surface area contributed by atoms with Gasteiger partial charge in [0.15, 0.2) is 0 Å². The van der Waals surface area contributed by atoms with Crippen LogP contribution in [0.4, 0.5) is 0 Å². The Bertz CT molecular complexity index is 202. The van der Waals surface area contributed by atoms with Crippen LogP contribution in [0.2, 0.25) is 0 Å². The van der Waals surface area contributed by atoms with Crippen LogP contribution in [0.5, 0.6) is 0 Å². The predicted molar refractivity (Wildman–Crippen MR) is 45.0 cm³/mol. The molecule has 68 valence electrons. The minimum Gasteiger partial charge on any atom is -0.870 e. The third-order valence-electron chi connectivity index (χ3n) is 2.56. The Labute approximate surface area is 72.7 Å². The van der Waals surface area contributed by atoms with Crippen molar-refractivity contribution in [3.8, 4) is 0 Å². The van der Waals surface area contributed by atoms with Crippen LogP contribution in [0.25, 0.3) is 0 Å². The summed E-state index contributed by atoms with van der Waals surface area (Å²) in [6.45, 7) is 0. The minimum atomic E-state index is 0. The Morgan fingerprint density at radius 3 is 2.50 bits per heavy atom. The highest BCUT2D eigenvalue weighted by molar-refractivity contribution is 4.64. The van der Waals surface area contributed by atoms with E-state index in [1.807, 2.05) is 6.20 Å². The average molecular weight is 168 g/mol. The maximum absolute atomic E-state index is 3.09. The van der Waals surface area contributed by atoms with Crippen molar-refractivity contribution < 1.29 is 10.0 Å². The highest BCUT2D eigenvalue weighted by Crippen LogP contribution is 2.22. The number of nitrogens with zero attached hydrogens (tertiary/aromatic N) is 1. The van der Waals surface area contributed by atoms with E-state index in [-0.39, 0.29) is 5.48 Å². The molecule has 0 spiro atoms. The number of aromatic nitrogens is 2. The number of hydrogen-bond acceptors (Lipinski definition) is 1. The third kappa shape index (κ3) is 1.85. The van der Waals surface area contributed by atoms with Gasteiger partial charge < -0.3 is 5.48 Å². The molecular formula is C9H16N2O. The second-order valence-corrected chi connectivity index (χ2v) is 3.35. The first-order valence-electron chi connectivity index (χ1n) is 4.50. The third-order valence-corrected chi connectivity index (χ3v) is 2.56. The van der Waals surface area contributed by atoms with E-state index in [4.69, 9.17) is 0 Å². The molecule has 1 saturated carbocycles. The van der Waals surface area contributed by atoms with Gasteiger partial charge in [0, 0.05) is 0 Å². The van der Waals surface area contributed by atoms with Gasteiger partial charge in [0.2, 0.25) is 6.33 Å². The number of hydrogen-bond donors (Lipinski definition) is 1. The van der Waals surface area contributed by atoms with Crippen molar-refractivity contribution >= 4 is 0 Å². The van der Waals surface area contributed by atoms with Crippen LogP contribution < -0.4 is 4.57 Å². The molecule has 2 rings (SSSR count). The van der Waals surface area contributed by atoms with E-state index in [1.54, 1.807) is 0 Å². The second-order valence-electron chi connectivity index (χ2n) is 3.35. The number of rotatable bonds is 1. The Balaban J connectivity index is 0.000000720. The van der Waals surface area contributed by atoms with Crippen LogP contribution >= 0.6 is 0 Å². The van der Waals surface area contributed by atoms with Crippen LogP contribution in [-0.4, -0.2) is 10.5 Å². The van der Waals surface area contributed by atoms with Gasteiger partial charge in [-0.2, -0.15) is 0 Å². The summed E-state index contributed by atoms with van der Waals surface area (Å²) in [6.07, 6.45) is 13.2. The summed E-state index contributed by atoms with van der Waals surface area (Å²) >= 11 is 0. The molecule has 0 radical (unpaired) electrons. The number of H-pyrrole nitrogens is 1. The van der Waals surface area contributed by atoms with E-state index in [2.05, 4.69) is 22.1 Å². The number of imidazole rings is 1. The van der Waals surface area contributed by atoms with Gasteiger partial charge in [0.05, 0.1) is 0 Å². The number of aromatic amines is 1. The molecule has 12 heavy (non-hydrogen) atoms. The summed E-state index contributed by atoms with van der Waals surface area (Å²) in [5.74, 6) is 0. The summed E-state index contributed by atoms with van der Waals surface area (Å²) in [6, 6.07) is 0.773. The van der Waals surface area contributed by atoms with Gasteiger partial charge >= 0.3 is 0 Å². The fourth-order valence-corrected chi connectivity index (χ4v) is 1.91. The van der Waals surface area contributed by atoms with Crippen LogP contribution in [0.15, 0.2) is 18.7 Å². The second kappa shape index (κ2) is 4.26. The van der Waals surface area contributed by atoms with E-state index < -0.39 is 0 Å². The van der Waals surface area contributed by atoms with E-state index in [1.165, 1.54) is 32.1 Å². The van der Waals surface area contributed by atoms with Crippen molar-refractivity contribution in [1.29, 1.82) is 0 Å². The SMILES string of the molecule is [OH-].c1c[n+](C2CCCCC2)c[nH]1. The van der Waals surface area contributed by atoms with Crippen molar-refractivity contribution in [1.82, 2.24) is 4.98 Å². The zero-order valence-electron chi connectivity index (χ0n) is 7.24. The van der Waals surface area contributed by atoms with Crippen LogP contribution in [0, 0.1) is 0 Å². The Morgan fingerprint density at radius 1 is 1.17 bits per heavy atom. The molecule has 0 aromatic carbocycles. The molecule has 0 atom stereocenters. The molecule has 1 aromatic rings. The van der Waals surface area contributed by atoms with Crippen molar-refractivity contribution in [3.05, 3.63) is 18.7 Å². The first-order valence-corrected chi connectivity index (χ1v) is 4.50. The molecular weight excluding hydrogens is 152 g/mol. The van der Waals surface area contributed by atoms with Gasteiger partial charge in [-0.05, 0) is 25.7 Å². The van der Waals surface area contributed by atoms with E-state index in [0.29, 0.717) is 0 Å². The molecule has 3 nitrogen and oxygen atoms in total. The van der Waals surface area contributed by atoms with Gasteiger partial charge in [-0.1, -0.05) is 6.42 Å². The normalized spacial score (nSPS) is 18.7. The lowest BCUT2D eigenvalue weighted by molar-refractivity contribution is -0.724. The first-order chi connectivity index (χ1) is 5.47. The molecule has 0 amide bonds. The molecule has 1 aliphatic rings. The molecule has 1 aromatic heterocycles. The quantitative estimate of drug-likeness (QED) is 0.636. The fraction of sp³-hybridized carbons (Fsp3) is 0.667. The topological polar surface area (TPSA) is 49.7 Å². The monoisotopic (exact) mass is 168 g/mol. The first kappa shape index (κ1) is 9.26. The van der Waals surface area contributed by atoms with Crippen LogP contribution in [0.1, 0.15) is 38.1 Å². The van der Waals surface area contributed by atoms with E-state index in [9.17, 15) is 0 Å². The molecule has 3 heteroatoms. The Morgan fingerprint density at radius 2 is 1.92 bits per heavy atom. The fourth-order valence-electron chi connectivity index (χ4n) is 1.91. The van der Waals surface area contributed by atoms with E-state index >= 15 is 0 Å². The maximum atomic E-state index is 3.09. The highest BCUT2D eigenvalue weighted by Gasteiger charge is 2.17. The summed E-state index contributed by atoms with van der Waals surface area (Å²) in [5.41, 5.74) is 0. The Hall–Kier alpha value is -0.830. The van der Waals surface area contributed by atoms with E-state index in [0.717, 1.165) is 6.04 Å². The molecule has 0 saturated heterocycles. The van der Waals surface area contributed by atoms with Crippen molar-refractivity contribution in [3.63, 3.8) is 0 Å². The molecule has 1 aliphatic carbocycles. The van der Waals surface area contributed by atoms with Gasteiger partial charge in [-0.15, -0.1) is 0 Å². The molecule has 0 unspecified atom stereocenters. The summed E-state index contributed by atoms with van der Waals surface area (Å²) in [7, 11) is 0. The molecule has 0 aliphatic heterocycles. The van der Waals surface area contributed by atoms with Crippen LogP contribution in [0.3, 0.4) is 0 Å². The molecule has 2 N–H and O–H groups in total. The average Bonchev–Trinajstić information content (AvgIpc) is 2.58. The minimum absolute atomic E-state index is 0. The van der Waals surface area contributed by atoms with Gasteiger partial charge in [0.1, 0.15) is 18.4 Å². The molecule has 1 heterocycles. The van der Waals surface area contributed by atoms with Gasteiger partial charge in [0.25, 0.3) is 0 Å². The summed E-state index contributed by atoms with van der Waals surface area (Å²) < 4.78 is 2.30. The maximum Gasteiger partial charge on any atom is 0.241 e. The Kier molecular flexibility index (Phi) is 3.29. The largest absolute Gasteiger partial charge is 0.870 e. The summed E-state index contributed by atoms with van der Waals surface area (Å²) in [4.78, 5) is 3.09. The predicted octanol–water partition coefficient (Wildman–Crippen LogP) is 1.63.